The van der Waals surface area contributed by atoms with E-state index in [1.165, 1.54) is 17.0 Å². The normalized spacial score (nSPS) is 11.9. The molecule has 46 heavy (non-hydrogen) atoms. The summed E-state index contributed by atoms with van der Waals surface area (Å²) >= 11 is 12.6. The SMILES string of the molecule is CCCCNC(=O)[C@H](Cc1ccccc1)N(Cc1ccc(Cl)cc1)C(=O)CN(c1ccc(C)c(Cl)c1)S(=O)(=O)c1ccc(C)cc1. The van der Waals surface area contributed by atoms with E-state index >= 15 is 0 Å². The number of benzene rings is 4. The Hall–Kier alpha value is -3.85. The number of nitrogens with one attached hydrogen (secondary N) is 1. The molecule has 1 atom stereocenters. The molecular weight excluding hydrogens is 641 g/mol. The highest BCUT2D eigenvalue weighted by atomic mass is 35.5. The second-order valence-electron chi connectivity index (χ2n) is 11.3. The fourth-order valence-corrected chi connectivity index (χ4v) is 6.66. The van der Waals surface area contributed by atoms with E-state index in [0.717, 1.165) is 39.4 Å². The second kappa shape index (κ2) is 16.1. The van der Waals surface area contributed by atoms with Crippen LogP contribution in [0.15, 0.2) is 102 Å². The van der Waals surface area contributed by atoms with Crippen molar-refractivity contribution in [2.45, 2.75) is 57.5 Å². The van der Waals surface area contributed by atoms with Crippen LogP contribution in [-0.4, -0.2) is 44.3 Å². The molecule has 0 aliphatic heterocycles. The quantitative estimate of drug-likeness (QED) is 0.141. The second-order valence-corrected chi connectivity index (χ2v) is 14.0. The highest BCUT2D eigenvalue weighted by molar-refractivity contribution is 7.92. The van der Waals surface area contributed by atoms with Crippen LogP contribution in [0.25, 0.3) is 0 Å². The predicted molar refractivity (Wildman–Crippen MR) is 186 cm³/mol. The van der Waals surface area contributed by atoms with E-state index in [1.54, 1.807) is 54.6 Å². The van der Waals surface area contributed by atoms with Gasteiger partial charge in [0.25, 0.3) is 10.0 Å². The van der Waals surface area contributed by atoms with Gasteiger partial charge in [-0.25, -0.2) is 8.42 Å². The number of anilines is 1. The van der Waals surface area contributed by atoms with Gasteiger partial charge in [-0.3, -0.25) is 13.9 Å². The topological polar surface area (TPSA) is 86.8 Å². The molecule has 0 bridgehead atoms. The Morgan fingerprint density at radius 3 is 2.15 bits per heavy atom. The van der Waals surface area contributed by atoms with Crippen molar-refractivity contribution in [1.82, 2.24) is 10.2 Å². The Morgan fingerprint density at radius 2 is 1.52 bits per heavy atom. The van der Waals surface area contributed by atoms with Gasteiger partial charge in [-0.1, -0.05) is 103 Å². The Balaban J connectivity index is 1.80. The van der Waals surface area contributed by atoms with Gasteiger partial charge in [-0.2, -0.15) is 0 Å². The summed E-state index contributed by atoms with van der Waals surface area (Å²) in [5.74, 6) is -0.861. The van der Waals surface area contributed by atoms with Crippen molar-refractivity contribution in [3.8, 4) is 0 Å². The molecule has 0 aliphatic rings. The average Bonchev–Trinajstić information content (AvgIpc) is 3.04. The molecule has 0 aromatic heterocycles. The zero-order chi connectivity index (χ0) is 33.3. The molecule has 0 spiro atoms. The minimum absolute atomic E-state index is 0.0324. The van der Waals surface area contributed by atoms with Gasteiger partial charge in [0, 0.05) is 29.6 Å². The fourth-order valence-electron chi connectivity index (χ4n) is 4.95. The number of sulfonamides is 1. The van der Waals surface area contributed by atoms with Gasteiger partial charge in [0.1, 0.15) is 12.6 Å². The van der Waals surface area contributed by atoms with E-state index in [1.807, 2.05) is 51.1 Å². The number of aryl methyl sites for hydroxylation is 2. The van der Waals surface area contributed by atoms with Gasteiger partial charge in [0.05, 0.1) is 10.6 Å². The lowest BCUT2D eigenvalue weighted by atomic mass is 10.0. The largest absolute Gasteiger partial charge is 0.354 e. The summed E-state index contributed by atoms with van der Waals surface area (Å²) in [6, 6.07) is 26.9. The third-order valence-electron chi connectivity index (χ3n) is 7.70. The lowest BCUT2D eigenvalue weighted by molar-refractivity contribution is -0.140. The molecule has 4 aromatic rings. The number of carbonyl (C=O) groups is 2. The third kappa shape index (κ3) is 9.12. The summed E-state index contributed by atoms with van der Waals surface area (Å²) in [5, 5.41) is 3.89. The maximum Gasteiger partial charge on any atom is 0.264 e. The van der Waals surface area contributed by atoms with Crippen LogP contribution >= 0.6 is 23.2 Å². The number of unbranched alkanes of at least 4 members (excludes halogenated alkanes) is 1. The fraction of sp³-hybridized carbons (Fsp3) is 0.278. The van der Waals surface area contributed by atoms with E-state index in [9.17, 15) is 18.0 Å². The summed E-state index contributed by atoms with van der Waals surface area (Å²) < 4.78 is 29.4. The Morgan fingerprint density at radius 1 is 0.848 bits per heavy atom. The van der Waals surface area contributed by atoms with Crippen molar-refractivity contribution in [2.75, 3.05) is 17.4 Å². The molecule has 1 N–H and O–H groups in total. The van der Waals surface area contributed by atoms with Gasteiger partial charge >= 0.3 is 0 Å². The van der Waals surface area contributed by atoms with Crippen LogP contribution < -0.4 is 9.62 Å². The van der Waals surface area contributed by atoms with Crippen LogP contribution in [0.4, 0.5) is 5.69 Å². The average molecular weight is 681 g/mol. The van der Waals surface area contributed by atoms with Crippen LogP contribution in [0.1, 0.15) is 42.0 Å². The van der Waals surface area contributed by atoms with Gasteiger partial charge in [-0.05, 0) is 73.4 Å². The number of carbonyl (C=O) groups excluding carboxylic acids is 2. The number of hydrogen-bond acceptors (Lipinski definition) is 4. The van der Waals surface area contributed by atoms with Crippen LogP contribution in [0.5, 0.6) is 0 Å². The number of nitrogens with zero attached hydrogens (tertiary/aromatic N) is 2. The first-order valence-corrected chi connectivity index (χ1v) is 17.4. The van der Waals surface area contributed by atoms with E-state index in [4.69, 9.17) is 23.2 Å². The van der Waals surface area contributed by atoms with E-state index in [0.29, 0.717) is 16.6 Å². The third-order valence-corrected chi connectivity index (χ3v) is 10.1. The standard InChI is InChI=1S/C36H39Cl2N3O4S/c1-4-5-21-39-36(43)34(22-28-9-7-6-8-10-28)40(24-29-14-16-30(37)17-15-29)35(42)25-41(31-18-13-27(3)33(38)23-31)46(44,45)32-19-11-26(2)12-20-32/h6-20,23,34H,4-5,21-22,24-25H2,1-3H3,(H,39,43)/t34-/m0/s1. The lowest BCUT2D eigenvalue weighted by Crippen LogP contribution is -2.53. The minimum atomic E-state index is -4.22. The number of hydrogen-bond donors (Lipinski definition) is 1. The van der Waals surface area contributed by atoms with Crippen molar-refractivity contribution in [3.63, 3.8) is 0 Å². The van der Waals surface area contributed by atoms with Crippen molar-refractivity contribution < 1.29 is 18.0 Å². The summed E-state index contributed by atoms with van der Waals surface area (Å²) in [6.45, 7) is 5.67. The molecule has 4 aromatic carbocycles. The minimum Gasteiger partial charge on any atom is -0.354 e. The summed E-state index contributed by atoms with van der Waals surface area (Å²) in [7, 11) is -4.22. The first-order valence-electron chi connectivity index (χ1n) is 15.2. The first kappa shape index (κ1) is 35.0. The van der Waals surface area contributed by atoms with Gasteiger partial charge in [0.15, 0.2) is 0 Å². The van der Waals surface area contributed by atoms with Crippen LogP contribution in [0.2, 0.25) is 10.0 Å². The van der Waals surface area contributed by atoms with E-state index in [2.05, 4.69) is 5.32 Å². The molecule has 0 heterocycles. The maximum atomic E-state index is 14.5. The van der Waals surface area contributed by atoms with Crippen LogP contribution in [0, 0.1) is 13.8 Å². The zero-order valence-corrected chi connectivity index (χ0v) is 28.6. The number of rotatable bonds is 14. The smallest absolute Gasteiger partial charge is 0.264 e. The number of halogens is 2. The highest BCUT2D eigenvalue weighted by Crippen LogP contribution is 2.29. The molecule has 0 saturated heterocycles. The van der Waals surface area contributed by atoms with Gasteiger partial charge < -0.3 is 10.2 Å². The monoisotopic (exact) mass is 679 g/mol. The highest BCUT2D eigenvalue weighted by Gasteiger charge is 2.34. The predicted octanol–water partition coefficient (Wildman–Crippen LogP) is 7.36. The number of amides is 2. The Bertz CT molecular complexity index is 1730. The molecule has 4 rings (SSSR count). The summed E-state index contributed by atoms with van der Waals surface area (Å²) in [4.78, 5) is 29.9. The maximum absolute atomic E-state index is 14.5. The van der Waals surface area contributed by atoms with Crippen molar-refractivity contribution in [2.24, 2.45) is 0 Å². The molecule has 0 unspecified atom stereocenters. The molecular formula is C36H39Cl2N3O4S. The summed E-state index contributed by atoms with van der Waals surface area (Å²) in [5.41, 5.74) is 3.50. The van der Waals surface area contributed by atoms with E-state index in [-0.39, 0.29) is 29.5 Å². The van der Waals surface area contributed by atoms with Crippen molar-refractivity contribution in [1.29, 1.82) is 0 Å². The molecule has 10 heteroatoms. The van der Waals surface area contributed by atoms with E-state index < -0.39 is 28.5 Å². The zero-order valence-electron chi connectivity index (χ0n) is 26.2. The lowest BCUT2D eigenvalue weighted by Gasteiger charge is -2.34. The van der Waals surface area contributed by atoms with Gasteiger partial charge in [0.2, 0.25) is 11.8 Å². The molecule has 0 aliphatic carbocycles. The van der Waals surface area contributed by atoms with Crippen LogP contribution in [0.3, 0.4) is 0 Å². The molecule has 0 fully saturated rings. The first-order chi connectivity index (χ1) is 22.0. The van der Waals surface area contributed by atoms with Crippen molar-refractivity contribution >= 4 is 50.7 Å². The summed E-state index contributed by atoms with van der Waals surface area (Å²) in [6.07, 6.45) is 1.91. The van der Waals surface area contributed by atoms with Crippen LogP contribution in [-0.2, 0) is 32.6 Å². The molecule has 242 valence electrons. The molecule has 0 radical (unpaired) electrons. The molecule has 0 saturated carbocycles. The Labute approximate surface area is 282 Å². The molecule has 2 amide bonds. The van der Waals surface area contributed by atoms with Gasteiger partial charge in [-0.15, -0.1) is 0 Å². The molecule has 7 nitrogen and oxygen atoms in total. The van der Waals surface area contributed by atoms with Crippen molar-refractivity contribution in [3.05, 3.63) is 129 Å². The Kier molecular flexibility index (Phi) is 12.3.